The van der Waals surface area contributed by atoms with Crippen LogP contribution in [-0.4, -0.2) is 11.2 Å². The number of hydrogen-bond donors (Lipinski definition) is 1. The van der Waals surface area contributed by atoms with Gasteiger partial charge in [-0.2, -0.15) is 0 Å². The van der Waals surface area contributed by atoms with Crippen molar-refractivity contribution in [3.63, 3.8) is 0 Å². The number of hydrogen-bond acceptors (Lipinski definition) is 2. The van der Waals surface area contributed by atoms with Gasteiger partial charge in [0.1, 0.15) is 5.75 Å². The topological polar surface area (TPSA) is 29.5 Å². The summed E-state index contributed by atoms with van der Waals surface area (Å²) in [5.41, 5.74) is 1.04. The molecule has 2 aliphatic rings. The van der Waals surface area contributed by atoms with E-state index in [0.717, 1.165) is 17.7 Å². The molecule has 1 unspecified atom stereocenters. The quantitative estimate of drug-likeness (QED) is 0.858. The Labute approximate surface area is 115 Å². The first-order valence-electron chi connectivity index (χ1n) is 7.76. The summed E-state index contributed by atoms with van der Waals surface area (Å²) < 4.78 is 5.73. The number of aliphatic hydroxyl groups excluding tert-OH is 1. The van der Waals surface area contributed by atoms with Gasteiger partial charge in [-0.3, -0.25) is 0 Å². The maximum absolute atomic E-state index is 10.3. The number of ether oxygens (including phenoxy) is 1. The highest BCUT2D eigenvalue weighted by Gasteiger charge is 2.23. The highest BCUT2D eigenvalue weighted by molar-refractivity contribution is 5.29. The summed E-state index contributed by atoms with van der Waals surface area (Å²) in [6.45, 7) is 0. The van der Waals surface area contributed by atoms with Crippen molar-refractivity contribution in [3.05, 3.63) is 29.8 Å². The summed E-state index contributed by atoms with van der Waals surface area (Å²) in [4.78, 5) is 0. The third-order valence-corrected chi connectivity index (χ3v) is 4.37. The van der Waals surface area contributed by atoms with Crippen LogP contribution in [0.2, 0.25) is 0 Å². The van der Waals surface area contributed by atoms with Gasteiger partial charge in [0.25, 0.3) is 0 Å². The molecule has 3 rings (SSSR count). The lowest BCUT2D eigenvalue weighted by Gasteiger charge is -2.24. The van der Waals surface area contributed by atoms with Crippen LogP contribution in [0.15, 0.2) is 24.3 Å². The van der Waals surface area contributed by atoms with E-state index in [0.29, 0.717) is 12.0 Å². The van der Waals surface area contributed by atoms with Crippen LogP contribution in [0, 0.1) is 5.92 Å². The van der Waals surface area contributed by atoms with Gasteiger partial charge in [0, 0.05) is 0 Å². The second kappa shape index (κ2) is 5.96. The average molecular weight is 260 g/mol. The molecule has 2 nitrogen and oxygen atoms in total. The molecule has 1 aromatic carbocycles. The van der Waals surface area contributed by atoms with Crippen LogP contribution in [0.5, 0.6) is 5.75 Å². The molecular formula is C17H24O2. The van der Waals surface area contributed by atoms with E-state index < -0.39 is 0 Å². The molecule has 2 fully saturated rings. The fourth-order valence-corrected chi connectivity index (χ4v) is 3.02. The Balaban J connectivity index is 1.54. The largest absolute Gasteiger partial charge is 0.490 e. The predicted molar refractivity (Wildman–Crippen MR) is 76.2 cm³/mol. The molecule has 0 heterocycles. The van der Waals surface area contributed by atoms with Crippen LogP contribution in [0.1, 0.15) is 63.0 Å². The molecule has 0 spiro atoms. The van der Waals surface area contributed by atoms with E-state index in [1.165, 1.54) is 44.9 Å². The zero-order valence-electron chi connectivity index (χ0n) is 11.6. The molecule has 104 valence electrons. The summed E-state index contributed by atoms with van der Waals surface area (Å²) in [7, 11) is 0. The molecule has 2 heteroatoms. The summed E-state index contributed by atoms with van der Waals surface area (Å²) in [6, 6.07) is 8.03. The summed E-state index contributed by atoms with van der Waals surface area (Å²) >= 11 is 0. The molecule has 1 aromatic rings. The summed E-state index contributed by atoms with van der Waals surface area (Å²) in [5.74, 6) is 1.65. The second-order valence-corrected chi connectivity index (χ2v) is 6.14. The number of rotatable bonds is 5. The van der Waals surface area contributed by atoms with Gasteiger partial charge in [-0.1, -0.05) is 44.2 Å². The fraction of sp³-hybridized carbons (Fsp3) is 0.647. The van der Waals surface area contributed by atoms with Crippen molar-refractivity contribution in [2.45, 2.75) is 63.6 Å². The van der Waals surface area contributed by atoms with Crippen molar-refractivity contribution in [2.24, 2.45) is 5.92 Å². The minimum Gasteiger partial charge on any atom is -0.490 e. The zero-order valence-corrected chi connectivity index (χ0v) is 11.6. The van der Waals surface area contributed by atoms with Crippen molar-refractivity contribution < 1.29 is 9.84 Å². The van der Waals surface area contributed by atoms with Crippen LogP contribution in [0.4, 0.5) is 0 Å². The van der Waals surface area contributed by atoms with Crippen LogP contribution in [0.25, 0.3) is 0 Å². The molecular weight excluding hydrogens is 236 g/mol. The van der Waals surface area contributed by atoms with E-state index in [9.17, 15) is 5.11 Å². The Bertz CT molecular complexity index is 388. The first kappa shape index (κ1) is 13.0. The van der Waals surface area contributed by atoms with Gasteiger partial charge in [0.05, 0.1) is 12.2 Å². The normalized spacial score (nSPS) is 22.2. The van der Waals surface area contributed by atoms with Crippen LogP contribution < -0.4 is 4.74 Å². The molecule has 0 aromatic heterocycles. The molecule has 0 radical (unpaired) electrons. The summed E-state index contributed by atoms with van der Waals surface area (Å²) in [5, 5.41) is 10.3. The van der Waals surface area contributed by atoms with E-state index in [2.05, 4.69) is 0 Å². The van der Waals surface area contributed by atoms with Crippen molar-refractivity contribution in [2.75, 3.05) is 0 Å². The van der Waals surface area contributed by atoms with Crippen LogP contribution >= 0.6 is 0 Å². The molecule has 0 bridgehead atoms. The Morgan fingerprint density at radius 1 is 1.00 bits per heavy atom. The van der Waals surface area contributed by atoms with Gasteiger partial charge < -0.3 is 9.84 Å². The van der Waals surface area contributed by atoms with Gasteiger partial charge in [-0.25, -0.2) is 0 Å². The lowest BCUT2D eigenvalue weighted by atomic mass is 9.84. The monoisotopic (exact) mass is 260 g/mol. The highest BCUT2D eigenvalue weighted by Crippen LogP contribution is 2.33. The van der Waals surface area contributed by atoms with Gasteiger partial charge in [0.15, 0.2) is 0 Å². The smallest absolute Gasteiger partial charge is 0.119 e. The number of aliphatic hydroxyl groups is 1. The molecule has 2 saturated carbocycles. The maximum atomic E-state index is 10.3. The predicted octanol–water partition coefficient (Wildman–Crippen LogP) is 4.23. The zero-order chi connectivity index (χ0) is 13.1. The minimum absolute atomic E-state index is 0.307. The Kier molecular flexibility index (Phi) is 4.07. The van der Waals surface area contributed by atoms with Crippen LogP contribution in [-0.2, 0) is 0 Å². The van der Waals surface area contributed by atoms with E-state index in [4.69, 9.17) is 4.74 Å². The Morgan fingerprint density at radius 3 is 2.32 bits per heavy atom. The fourth-order valence-electron chi connectivity index (χ4n) is 3.02. The van der Waals surface area contributed by atoms with Crippen molar-refractivity contribution in [1.82, 2.24) is 0 Å². The molecule has 1 atom stereocenters. The highest BCUT2D eigenvalue weighted by atomic mass is 16.5. The average Bonchev–Trinajstić information content (AvgIpc) is 3.25. The Hall–Kier alpha value is -1.02. The molecule has 0 amide bonds. The van der Waals surface area contributed by atoms with E-state index >= 15 is 0 Å². The van der Waals surface area contributed by atoms with Crippen molar-refractivity contribution in [3.8, 4) is 5.75 Å². The van der Waals surface area contributed by atoms with Crippen LogP contribution in [0.3, 0.4) is 0 Å². The van der Waals surface area contributed by atoms with E-state index in [1.54, 1.807) is 0 Å². The van der Waals surface area contributed by atoms with Gasteiger partial charge in [-0.05, 0) is 42.9 Å². The third-order valence-electron chi connectivity index (χ3n) is 4.37. The molecule has 0 saturated heterocycles. The van der Waals surface area contributed by atoms with Gasteiger partial charge in [0.2, 0.25) is 0 Å². The van der Waals surface area contributed by atoms with Crippen molar-refractivity contribution >= 4 is 0 Å². The van der Waals surface area contributed by atoms with E-state index in [-0.39, 0.29) is 6.10 Å². The second-order valence-electron chi connectivity index (χ2n) is 6.14. The van der Waals surface area contributed by atoms with Crippen molar-refractivity contribution in [1.29, 1.82) is 0 Å². The van der Waals surface area contributed by atoms with Gasteiger partial charge >= 0.3 is 0 Å². The lowest BCUT2D eigenvalue weighted by Crippen LogP contribution is -2.11. The molecule has 19 heavy (non-hydrogen) atoms. The Morgan fingerprint density at radius 2 is 1.68 bits per heavy atom. The molecule has 1 N–H and O–H groups in total. The molecule has 2 aliphatic carbocycles. The standard InChI is InChI=1S/C17H24O2/c18-17(12-13-4-2-1-3-5-13)14-6-8-15(9-7-14)19-16-10-11-16/h6-9,13,16-18H,1-5,10-12H2. The first-order valence-corrected chi connectivity index (χ1v) is 7.76. The minimum atomic E-state index is -0.307. The first-order chi connectivity index (χ1) is 9.31. The summed E-state index contributed by atoms with van der Waals surface area (Å²) in [6.07, 6.45) is 10.1. The molecule has 0 aliphatic heterocycles. The maximum Gasteiger partial charge on any atom is 0.119 e. The number of benzene rings is 1. The lowest BCUT2D eigenvalue weighted by molar-refractivity contribution is 0.131. The van der Waals surface area contributed by atoms with Gasteiger partial charge in [-0.15, -0.1) is 0 Å². The van der Waals surface area contributed by atoms with E-state index in [1.807, 2.05) is 24.3 Å². The third kappa shape index (κ3) is 3.73. The SMILES string of the molecule is OC(CC1CCCCC1)c1ccc(OC2CC2)cc1.